The van der Waals surface area contributed by atoms with Crippen molar-refractivity contribution in [1.82, 2.24) is 9.21 Å². The number of carbonyl (C=O) groups is 1. The maximum absolute atomic E-state index is 12.4. The Bertz CT molecular complexity index is 666. The van der Waals surface area contributed by atoms with E-state index in [9.17, 15) is 13.2 Å². The van der Waals surface area contributed by atoms with Crippen molar-refractivity contribution in [3.63, 3.8) is 0 Å². The summed E-state index contributed by atoms with van der Waals surface area (Å²) in [5, 5.41) is 3.36. The van der Waals surface area contributed by atoms with Crippen molar-refractivity contribution < 1.29 is 13.2 Å². The molecule has 1 aliphatic heterocycles. The lowest BCUT2D eigenvalue weighted by Crippen LogP contribution is -2.39. The predicted molar refractivity (Wildman–Crippen MR) is 96.9 cm³/mol. The molecule has 1 aliphatic rings. The lowest BCUT2D eigenvalue weighted by molar-refractivity contribution is 0.214. The zero-order valence-corrected chi connectivity index (χ0v) is 15.4. The molecule has 1 heterocycles. The van der Waals surface area contributed by atoms with Crippen LogP contribution in [0.3, 0.4) is 0 Å². The van der Waals surface area contributed by atoms with Crippen molar-refractivity contribution in [2.45, 2.75) is 26.2 Å². The fraction of sp³-hybridized carbons (Fsp3) is 0.562. The average Bonchev–Trinajstić information content (AvgIpc) is 2.79. The van der Waals surface area contributed by atoms with Gasteiger partial charge in [-0.3, -0.25) is 0 Å². The Morgan fingerprint density at radius 2 is 2.04 bits per heavy atom. The summed E-state index contributed by atoms with van der Waals surface area (Å²) in [5.41, 5.74) is 0.629. The quantitative estimate of drug-likeness (QED) is 0.862. The number of sulfonamides is 1. The third kappa shape index (κ3) is 5.36. The number of nitrogens with zero attached hydrogens (tertiary/aromatic N) is 2. The summed E-state index contributed by atoms with van der Waals surface area (Å²) < 4.78 is 26.1. The summed E-state index contributed by atoms with van der Waals surface area (Å²) in [4.78, 5) is 14.0. The van der Waals surface area contributed by atoms with Crippen LogP contribution in [0.1, 0.15) is 26.2 Å². The summed E-state index contributed by atoms with van der Waals surface area (Å²) in [5.74, 6) is 0.179. The van der Waals surface area contributed by atoms with Gasteiger partial charge in [0.1, 0.15) is 0 Å². The van der Waals surface area contributed by atoms with Crippen LogP contribution >= 0.6 is 11.6 Å². The summed E-state index contributed by atoms with van der Waals surface area (Å²) in [6.45, 7) is 3.70. The van der Waals surface area contributed by atoms with Gasteiger partial charge in [0.2, 0.25) is 10.0 Å². The van der Waals surface area contributed by atoms with Gasteiger partial charge >= 0.3 is 6.03 Å². The van der Waals surface area contributed by atoms with Gasteiger partial charge in [0, 0.05) is 36.9 Å². The van der Waals surface area contributed by atoms with Gasteiger partial charge in [-0.1, -0.05) is 31.0 Å². The van der Waals surface area contributed by atoms with E-state index in [0.29, 0.717) is 49.7 Å². The summed E-state index contributed by atoms with van der Waals surface area (Å²) in [6.07, 6.45) is 2.15. The van der Waals surface area contributed by atoms with Gasteiger partial charge in [0.25, 0.3) is 0 Å². The molecule has 2 rings (SSSR count). The van der Waals surface area contributed by atoms with Crippen LogP contribution < -0.4 is 5.32 Å². The number of nitrogens with one attached hydrogen (secondary N) is 1. The molecule has 0 spiro atoms. The number of hydrogen-bond acceptors (Lipinski definition) is 3. The third-order valence-corrected chi connectivity index (χ3v) is 6.16. The molecule has 134 valence electrons. The number of carbonyl (C=O) groups excluding carboxylic acids is 1. The number of unbranched alkanes of at least 4 members (excludes halogenated alkanes) is 1. The Balaban J connectivity index is 1.94. The van der Waals surface area contributed by atoms with Gasteiger partial charge < -0.3 is 10.2 Å². The fourth-order valence-electron chi connectivity index (χ4n) is 2.60. The molecule has 0 aromatic heterocycles. The Kier molecular flexibility index (Phi) is 6.89. The molecule has 0 unspecified atom stereocenters. The highest BCUT2D eigenvalue weighted by Crippen LogP contribution is 2.16. The topological polar surface area (TPSA) is 69.7 Å². The lowest BCUT2D eigenvalue weighted by atomic mass is 10.3. The van der Waals surface area contributed by atoms with Gasteiger partial charge in [-0.05, 0) is 31.0 Å². The maximum atomic E-state index is 12.4. The van der Waals surface area contributed by atoms with E-state index in [1.807, 2.05) is 6.92 Å². The number of amides is 2. The minimum absolute atomic E-state index is 0.179. The van der Waals surface area contributed by atoms with Crippen LogP contribution in [-0.4, -0.2) is 55.6 Å². The largest absolute Gasteiger partial charge is 0.323 e. The van der Waals surface area contributed by atoms with E-state index < -0.39 is 10.0 Å². The van der Waals surface area contributed by atoms with E-state index in [0.717, 1.165) is 6.42 Å². The Morgan fingerprint density at radius 1 is 1.25 bits per heavy atom. The molecule has 1 fully saturated rings. The van der Waals surface area contributed by atoms with Crippen LogP contribution in [0.4, 0.5) is 10.5 Å². The molecule has 8 heteroatoms. The lowest BCUT2D eigenvalue weighted by Gasteiger charge is -2.22. The standard InChI is InChI=1S/C16H24ClN3O3S/c1-2-3-12-24(22,23)20-9-5-8-19(10-11-20)16(21)18-15-7-4-6-14(17)13-15/h4,6-7,13H,2-3,5,8-12H2,1H3,(H,18,21). The number of benzene rings is 1. The minimum atomic E-state index is -3.22. The first-order chi connectivity index (χ1) is 11.4. The van der Waals surface area contributed by atoms with Crippen molar-refractivity contribution in [2.75, 3.05) is 37.2 Å². The molecular weight excluding hydrogens is 350 g/mol. The minimum Gasteiger partial charge on any atom is -0.323 e. The Hall–Kier alpha value is -1.31. The van der Waals surface area contributed by atoms with Crippen LogP contribution in [0.2, 0.25) is 5.02 Å². The Morgan fingerprint density at radius 3 is 2.75 bits per heavy atom. The normalized spacial score (nSPS) is 16.7. The molecule has 0 aliphatic carbocycles. The molecule has 0 bridgehead atoms. The zero-order chi connectivity index (χ0) is 17.6. The number of rotatable bonds is 5. The van der Waals surface area contributed by atoms with Crippen LogP contribution in [0.15, 0.2) is 24.3 Å². The molecule has 1 aromatic rings. The van der Waals surface area contributed by atoms with E-state index in [1.54, 1.807) is 29.2 Å². The second kappa shape index (κ2) is 8.69. The third-order valence-electron chi connectivity index (χ3n) is 3.97. The second-order valence-electron chi connectivity index (χ2n) is 5.85. The molecule has 1 aromatic carbocycles. The monoisotopic (exact) mass is 373 g/mol. The first-order valence-electron chi connectivity index (χ1n) is 8.21. The first-order valence-corrected chi connectivity index (χ1v) is 10.2. The van der Waals surface area contributed by atoms with Crippen LogP contribution in [0.25, 0.3) is 0 Å². The van der Waals surface area contributed by atoms with Gasteiger partial charge in [0.05, 0.1) is 5.75 Å². The van der Waals surface area contributed by atoms with E-state index in [-0.39, 0.29) is 11.8 Å². The smallest absolute Gasteiger partial charge is 0.321 e. The van der Waals surface area contributed by atoms with Crippen molar-refractivity contribution in [3.8, 4) is 0 Å². The highest BCUT2D eigenvalue weighted by atomic mass is 35.5. The molecule has 1 N–H and O–H groups in total. The SMILES string of the molecule is CCCCS(=O)(=O)N1CCCN(C(=O)Nc2cccc(Cl)c2)CC1. The van der Waals surface area contributed by atoms with E-state index in [2.05, 4.69) is 5.32 Å². The van der Waals surface area contributed by atoms with E-state index in [1.165, 1.54) is 4.31 Å². The number of hydrogen-bond donors (Lipinski definition) is 1. The highest BCUT2D eigenvalue weighted by Gasteiger charge is 2.26. The molecule has 6 nitrogen and oxygen atoms in total. The first kappa shape index (κ1) is 19.0. The molecule has 0 radical (unpaired) electrons. The van der Waals surface area contributed by atoms with E-state index in [4.69, 9.17) is 11.6 Å². The van der Waals surface area contributed by atoms with Crippen molar-refractivity contribution in [2.24, 2.45) is 0 Å². The molecule has 2 amide bonds. The zero-order valence-electron chi connectivity index (χ0n) is 13.9. The molecule has 0 atom stereocenters. The second-order valence-corrected chi connectivity index (χ2v) is 8.37. The fourth-order valence-corrected chi connectivity index (χ4v) is 4.47. The van der Waals surface area contributed by atoms with Crippen molar-refractivity contribution in [1.29, 1.82) is 0 Å². The van der Waals surface area contributed by atoms with Crippen LogP contribution in [0, 0.1) is 0 Å². The number of urea groups is 1. The predicted octanol–water partition coefficient (Wildman–Crippen LogP) is 3.01. The van der Waals surface area contributed by atoms with Crippen molar-refractivity contribution in [3.05, 3.63) is 29.3 Å². The van der Waals surface area contributed by atoms with Crippen LogP contribution in [-0.2, 0) is 10.0 Å². The number of anilines is 1. The Labute approximate surface area is 148 Å². The molecule has 24 heavy (non-hydrogen) atoms. The van der Waals surface area contributed by atoms with E-state index >= 15 is 0 Å². The summed E-state index contributed by atoms with van der Waals surface area (Å²) >= 11 is 5.91. The van der Waals surface area contributed by atoms with Crippen LogP contribution in [0.5, 0.6) is 0 Å². The molecular formula is C16H24ClN3O3S. The summed E-state index contributed by atoms with van der Waals surface area (Å²) in [7, 11) is -3.22. The van der Waals surface area contributed by atoms with Crippen molar-refractivity contribution >= 4 is 33.3 Å². The van der Waals surface area contributed by atoms with Gasteiger partial charge in [-0.2, -0.15) is 0 Å². The summed E-state index contributed by atoms with van der Waals surface area (Å²) in [6, 6.07) is 6.72. The highest BCUT2D eigenvalue weighted by molar-refractivity contribution is 7.89. The van der Waals surface area contributed by atoms with Gasteiger partial charge in [0.15, 0.2) is 0 Å². The van der Waals surface area contributed by atoms with Gasteiger partial charge in [-0.15, -0.1) is 0 Å². The number of halogens is 1. The van der Waals surface area contributed by atoms with Gasteiger partial charge in [-0.25, -0.2) is 17.5 Å². The molecule has 0 saturated carbocycles. The molecule has 1 saturated heterocycles. The maximum Gasteiger partial charge on any atom is 0.321 e. The average molecular weight is 374 g/mol.